The van der Waals surface area contributed by atoms with Crippen LogP contribution in [0.1, 0.15) is 156 Å². The van der Waals surface area contributed by atoms with E-state index in [2.05, 4.69) is 16.0 Å². The molecule has 0 aromatic rings. The van der Waals surface area contributed by atoms with Crippen molar-refractivity contribution in [2.24, 2.45) is 0 Å². The first-order valence-corrected chi connectivity index (χ1v) is 18.6. The number of ketones is 2. The summed E-state index contributed by atoms with van der Waals surface area (Å²) >= 11 is 0. The fraction of sp³-hybridized carbons (Fsp3) is 0.838. The molecule has 0 unspecified atom stereocenters. The Balaban J connectivity index is 3.91. The van der Waals surface area contributed by atoms with Gasteiger partial charge in [-0.25, -0.2) is 4.79 Å². The van der Waals surface area contributed by atoms with Crippen molar-refractivity contribution in [1.29, 1.82) is 0 Å². The van der Waals surface area contributed by atoms with E-state index in [0.29, 0.717) is 12.2 Å². The molecule has 0 bridgehead atoms. The third-order valence-corrected chi connectivity index (χ3v) is 8.20. The van der Waals surface area contributed by atoms with E-state index in [-0.39, 0.29) is 63.9 Å². The van der Waals surface area contributed by atoms with E-state index in [0.717, 1.165) is 32.1 Å². The van der Waals surface area contributed by atoms with Gasteiger partial charge >= 0.3 is 5.97 Å². The van der Waals surface area contributed by atoms with Gasteiger partial charge in [0.2, 0.25) is 17.7 Å². The van der Waals surface area contributed by atoms with E-state index >= 15 is 0 Å². The summed E-state index contributed by atoms with van der Waals surface area (Å²) < 4.78 is 10.4. The molecule has 12 heteroatoms. The summed E-state index contributed by atoms with van der Waals surface area (Å²) in [6, 6.07) is -1.18. The van der Waals surface area contributed by atoms with Crippen LogP contribution in [0.15, 0.2) is 0 Å². The average molecular weight is 698 g/mol. The van der Waals surface area contributed by atoms with Gasteiger partial charge in [0.1, 0.15) is 24.0 Å². The molecule has 0 spiro atoms. The van der Waals surface area contributed by atoms with Gasteiger partial charge in [-0.15, -0.1) is 0 Å². The second kappa shape index (κ2) is 30.0. The van der Waals surface area contributed by atoms with Crippen LogP contribution in [0, 0.1) is 0 Å². The molecular weight excluding hydrogens is 630 g/mol. The Morgan fingerprint density at radius 3 is 1.53 bits per heavy atom. The van der Waals surface area contributed by atoms with Crippen LogP contribution in [0.5, 0.6) is 0 Å². The first kappa shape index (κ1) is 46.1. The van der Waals surface area contributed by atoms with Crippen LogP contribution < -0.4 is 16.0 Å². The van der Waals surface area contributed by atoms with E-state index in [1.807, 2.05) is 0 Å². The number of carboxylic acids is 1. The number of aliphatic carboxylic acids is 1. The van der Waals surface area contributed by atoms with Gasteiger partial charge in [-0.1, -0.05) is 89.9 Å². The number of unbranched alkanes of at least 4 members (excludes halogenated alkanes) is 15. The lowest BCUT2D eigenvalue weighted by Gasteiger charge is -2.25. The third-order valence-electron chi connectivity index (χ3n) is 8.20. The molecule has 0 aliphatic heterocycles. The van der Waals surface area contributed by atoms with Gasteiger partial charge in [-0.05, 0) is 47.0 Å². The molecule has 3 amide bonds. The molecule has 1 atom stereocenters. The van der Waals surface area contributed by atoms with Gasteiger partial charge in [-0.2, -0.15) is 0 Å². The maximum absolute atomic E-state index is 12.5. The van der Waals surface area contributed by atoms with Crippen molar-refractivity contribution in [3.05, 3.63) is 0 Å². The molecule has 0 radical (unpaired) electrons. The van der Waals surface area contributed by atoms with Gasteiger partial charge in [0.25, 0.3) is 0 Å². The van der Waals surface area contributed by atoms with Crippen LogP contribution in [0.2, 0.25) is 0 Å². The maximum atomic E-state index is 12.5. The van der Waals surface area contributed by atoms with Crippen LogP contribution in [0.3, 0.4) is 0 Å². The minimum atomic E-state index is -1.23. The molecule has 4 N–H and O–H groups in total. The van der Waals surface area contributed by atoms with Crippen molar-refractivity contribution in [3.8, 4) is 0 Å². The molecule has 0 saturated carbocycles. The van der Waals surface area contributed by atoms with Crippen molar-refractivity contribution in [1.82, 2.24) is 16.0 Å². The molecule has 0 aromatic heterocycles. The van der Waals surface area contributed by atoms with Crippen molar-refractivity contribution in [3.63, 3.8) is 0 Å². The largest absolute Gasteiger partial charge is 0.480 e. The Bertz CT molecular complexity index is 955. The van der Waals surface area contributed by atoms with Gasteiger partial charge in [0, 0.05) is 25.8 Å². The molecular formula is C37H67N3O9. The van der Waals surface area contributed by atoms with Crippen molar-refractivity contribution in [2.45, 2.75) is 168 Å². The second-order valence-corrected chi connectivity index (χ2v) is 13.7. The molecule has 0 fully saturated rings. The van der Waals surface area contributed by atoms with Crippen molar-refractivity contribution in [2.75, 3.05) is 33.0 Å². The minimum Gasteiger partial charge on any atom is -0.480 e. The Morgan fingerprint density at radius 1 is 0.592 bits per heavy atom. The van der Waals surface area contributed by atoms with E-state index in [4.69, 9.17) is 9.47 Å². The van der Waals surface area contributed by atoms with Crippen molar-refractivity contribution >= 4 is 35.3 Å². The normalized spacial score (nSPS) is 11.9. The predicted molar refractivity (Wildman–Crippen MR) is 190 cm³/mol. The van der Waals surface area contributed by atoms with Gasteiger partial charge in [-0.3, -0.25) is 19.2 Å². The average Bonchev–Trinajstić information content (AvgIpc) is 3.02. The Morgan fingerprint density at radius 2 is 1.06 bits per heavy atom. The lowest BCUT2D eigenvalue weighted by atomic mass is 10.0. The number of nitrogens with one attached hydrogen (secondary N) is 3. The molecule has 0 aromatic carbocycles. The van der Waals surface area contributed by atoms with Crippen molar-refractivity contribution < 1.29 is 43.3 Å². The number of amides is 3. The standard InChI is InChI=1S/C37H67N3O9/c1-30(41)21-19-17-15-13-11-9-7-5-6-8-10-12-14-16-18-20-22-33(43)39-32(35(45)46)23-24-34(44)40-37(3,4)36(47)38-25-26-48-27-28-49-29-31(2)42/h32H,5-29H2,1-4H3,(H,38,47)(H,39,43)(H,40,44)(H,45,46)/t32-/m0/s1. The highest BCUT2D eigenvalue weighted by Crippen LogP contribution is 2.14. The quantitative estimate of drug-likeness (QED) is 0.0625. The molecule has 0 saturated heterocycles. The minimum absolute atomic E-state index is 0.0308. The zero-order valence-corrected chi connectivity index (χ0v) is 31.0. The summed E-state index contributed by atoms with van der Waals surface area (Å²) in [6.07, 6.45) is 19.5. The van der Waals surface area contributed by atoms with Crippen LogP contribution in [0.25, 0.3) is 0 Å². The Hall–Kier alpha value is -2.86. The number of Topliss-reactive ketones (excluding diaryl/α,β-unsaturated/α-hetero) is 2. The summed E-state index contributed by atoms with van der Waals surface area (Å²) in [5.41, 5.74) is -1.23. The van der Waals surface area contributed by atoms with Crippen LogP contribution in [0.4, 0.5) is 0 Å². The molecule has 12 nitrogen and oxygen atoms in total. The van der Waals surface area contributed by atoms with Gasteiger partial charge in [0.15, 0.2) is 5.78 Å². The van der Waals surface area contributed by atoms with Gasteiger partial charge < -0.3 is 35.3 Å². The number of carbonyl (C=O) groups is 6. The van der Waals surface area contributed by atoms with E-state index in [1.54, 1.807) is 20.8 Å². The molecule has 0 aliphatic rings. The topological polar surface area (TPSA) is 177 Å². The van der Waals surface area contributed by atoms with Gasteiger partial charge in [0.05, 0.1) is 19.8 Å². The first-order chi connectivity index (χ1) is 23.3. The van der Waals surface area contributed by atoms with E-state index < -0.39 is 29.4 Å². The predicted octanol–water partition coefficient (Wildman–Crippen LogP) is 5.58. The molecule has 0 aliphatic carbocycles. The maximum Gasteiger partial charge on any atom is 0.326 e. The molecule has 0 rings (SSSR count). The fourth-order valence-electron chi connectivity index (χ4n) is 5.30. The zero-order chi connectivity index (χ0) is 36.8. The fourth-order valence-corrected chi connectivity index (χ4v) is 5.30. The molecule has 284 valence electrons. The summed E-state index contributed by atoms with van der Waals surface area (Å²) in [4.78, 5) is 70.8. The number of hydrogen-bond acceptors (Lipinski definition) is 8. The molecule has 0 heterocycles. The highest BCUT2D eigenvalue weighted by atomic mass is 16.5. The zero-order valence-electron chi connectivity index (χ0n) is 31.0. The monoisotopic (exact) mass is 697 g/mol. The summed E-state index contributed by atoms with van der Waals surface area (Å²) in [7, 11) is 0. The number of carbonyl (C=O) groups excluding carboxylic acids is 5. The third kappa shape index (κ3) is 29.7. The number of hydrogen-bond donors (Lipinski definition) is 4. The lowest BCUT2D eigenvalue weighted by molar-refractivity contribution is -0.142. The summed E-state index contributed by atoms with van der Waals surface area (Å²) in [6.45, 7) is 7.19. The Labute approximate surface area is 295 Å². The highest BCUT2D eigenvalue weighted by Gasteiger charge is 2.30. The summed E-state index contributed by atoms with van der Waals surface area (Å²) in [5.74, 6) is -2.24. The van der Waals surface area contributed by atoms with Crippen LogP contribution in [-0.4, -0.2) is 84.9 Å². The number of carboxylic acid groups (broad SMARTS) is 1. The van der Waals surface area contributed by atoms with E-state index in [9.17, 15) is 33.9 Å². The SMILES string of the molecule is CC(=O)CCCCCCCCCCCCCCCCCCC(=O)N[C@@H](CCC(=O)NC(C)(C)C(=O)NCCOCCOCC(C)=O)C(=O)O. The number of rotatable bonds is 34. The van der Waals surface area contributed by atoms with E-state index in [1.165, 1.54) is 77.6 Å². The number of ether oxygens (including phenoxy) is 2. The Kier molecular flexibility index (Phi) is 28.3. The first-order valence-electron chi connectivity index (χ1n) is 18.6. The lowest BCUT2D eigenvalue weighted by Crippen LogP contribution is -2.55. The smallest absolute Gasteiger partial charge is 0.326 e. The van der Waals surface area contributed by atoms with Crippen LogP contribution >= 0.6 is 0 Å². The highest BCUT2D eigenvalue weighted by molar-refractivity contribution is 5.91. The summed E-state index contributed by atoms with van der Waals surface area (Å²) in [5, 5.41) is 17.4. The second-order valence-electron chi connectivity index (χ2n) is 13.7. The van der Waals surface area contributed by atoms with Crippen LogP contribution in [-0.2, 0) is 38.2 Å². The molecule has 49 heavy (non-hydrogen) atoms.